The van der Waals surface area contributed by atoms with E-state index >= 15 is 0 Å². The first-order chi connectivity index (χ1) is 15.7. The second-order valence-electron chi connectivity index (χ2n) is 7.85. The molecule has 9 heteroatoms. The molecule has 1 N–H and O–H groups in total. The molecule has 1 amide bonds. The first-order valence-electron chi connectivity index (χ1n) is 10.4. The van der Waals surface area contributed by atoms with E-state index in [4.69, 9.17) is 16.6 Å². The van der Waals surface area contributed by atoms with Crippen molar-refractivity contribution in [2.45, 2.75) is 38.1 Å². The number of fused-ring (bicyclic) bond motifs is 1. The van der Waals surface area contributed by atoms with Crippen molar-refractivity contribution in [3.8, 4) is 5.69 Å². The maximum atomic E-state index is 13.5. The SMILES string of the molecule is Cc1nn(C)c(C)c1NC(=O)C(C)Sc1nc2ccccc2c(=O)n1-c1cccc(Cl)c1C. The molecule has 0 aliphatic heterocycles. The molecule has 4 rings (SSSR count). The van der Waals surface area contributed by atoms with Gasteiger partial charge < -0.3 is 5.32 Å². The van der Waals surface area contributed by atoms with Gasteiger partial charge in [0.2, 0.25) is 5.91 Å². The molecule has 2 heterocycles. The summed E-state index contributed by atoms with van der Waals surface area (Å²) in [4.78, 5) is 31.3. The molecule has 0 saturated heterocycles. The molecule has 33 heavy (non-hydrogen) atoms. The fourth-order valence-electron chi connectivity index (χ4n) is 3.63. The van der Waals surface area contributed by atoms with E-state index in [0.717, 1.165) is 17.0 Å². The standard InChI is InChI=1S/C24H24ClN5O2S/c1-13-18(25)10-8-12-20(13)30-23(32)17-9-6-7-11-19(17)26-24(30)33-16(4)22(31)27-21-14(2)28-29(5)15(21)3/h6-12,16H,1-5H3,(H,27,31). The van der Waals surface area contributed by atoms with Gasteiger partial charge in [-0.1, -0.05) is 41.6 Å². The Balaban J connectivity index is 1.77. The first-order valence-corrected chi connectivity index (χ1v) is 11.7. The minimum atomic E-state index is -0.525. The summed E-state index contributed by atoms with van der Waals surface area (Å²) in [5.41, 5.74) is 4.08. The second kappa shape index (κ2) is 9.03. The lowest BCUT2D eigenvalue weighted by molar-refractivity contribution is -0.115. The van der Waals surface area contributed by atoms with Crippen molar-refractivity contribution in [2.24, 2.45) is 7.05 Å². The van der Waals surface area contributed by atoms with Crippen LogP contribution in [0.25, 0.3) is 16.6 Å². The third-order valence-electron chi connectivity index (χ3n) is 5.63. The van der Waals surface area contributed by atoms with Gasteiger partial charge in [0.05, 0.1) is 38.9 Å². The molecule has 0 bridgehead atoms. The van der Waals surface area contributed by atoms with Gasteiger partial charge in [-0.2, -0.15) is 5.10 Å². The largest absolute Gasteiger partial charge is 0.322 e. The fourth-order valence-corrected chi connectivity index (χ4v) is 4.72. The van der Waals surface area contributed by atoms with Gasteiger partial charge in [0, 0.05) is 12.1 Å². The normalized spacial score (nSPS) is 12.2. The Labute approximate surface area is 200 Å². The quantitative estimate of drug-likeness (QED) is 0.326. The van der Waals surface area contributed by atoms with Crippen molar-refractivity contribution in [3.63, 3.8) is 0 Å². The van der Waals surface area contributed by atoms with E-state index in [0.29, 0.717) is 32.5 Å². The number of amides is 1. The van der Waals surface area contributed by atoms with E-state index in [2.05, 4.69) is 10.4 Å². The zero-order valence-corrected chi connectivity index (χ0v) is 20.6. The van der Waals surface area contributed by atoms with Gasteiger partial charge in [-0.25, -0.2) is 4.98 Å². The molecular weight excluding hydrogens is 458 g/mol. The minimum absolute atomic E-state index is 0.198. The van der Waals surface area contributed by atoms with Crippen molar-refractivity contribution in [1.29, 1.82) is 0 Å². The average Bonchev–Trinajstić information content (AvgIpc) is 3.02. The lowest BCUT2D eigenvalue weighted by Crippen LogP contribution is -2.27. The number of nitrogens with zero attached hydrogens (tertiary/aromatic N) is 4. The molecule has 7 nitrogen and oxygen atoms in total. The highest BCUT2D eigenvalue weighted by Crippen LogP contribution is 2.29. The van der Waals surface area contributed by atoms with E-state index < -0.39 is 5.25 Å². The predicted molar refractivity (Wildman–Crippen MR) is 134 cm³/mol. The molecule has 2 aromatic carbocycles. The molecular formula is C24H24ClN5O2S. The summed E-state index contributed by atoms with van der Waals surface area (Å²) in [5.74, 6) is -0.198. The maximum absolute atomic E-state index is 13.5. The number of thioether (sulfide) groups is 1. The van der Waals surface area contributed by atoms with Crippen LogP contribution in [0.5, 0.6) is 0 Å². The number of hydrogen-bond donors (Lipinski definition) is 1. The van der Waals surface area contributed by atoms with Crippen LogP contribution < -0.4 is 10.9 Å². The summed E-state index contributed by atoms with van der Waals surface area (Å²) in [6.45, 7) is 7.40. The summed E-state index contributed by atoms with van der Waals surface area (Å²) in [6.07, 6.45) is 0. The fraction of sp³-hybridized carbons (Fsp3) is 0.250. The molecule has 0 fully saturated rings. The van der Waals surface area contributed by atoms with Crippen LogP contribution in [0.15, 0.2) is 52.4 Å². The Kier molecular flexibility index (Phi) is 6.32. The molecule has 0 aliphatic carbocycles. The van der Waals surface area contributed by atoms with Gasteiger partial charge >= 0.3 is 0 Å². The number of hydrogen-bond acceptors (Lipinski definition) is 5. The molecule has 170 valence electrons. The highest BCUT2D eigenvalue weighted by Gasteiger charge is 2.23. The van der Waals surface area contributed by atoms with E-state index in [1.54, 1.807) is 40.4 Å². The molecule has 0 radical (unpaired) electrons. The number of aryl methyl sites for hydroxylation is 2. The number of halogens is 1. The van der Waals surface area contributed by atoms with Crippen LogP contribution in [0.2, 0.25) is 5.02 Å². The monoisotopic (exact) mass is 481 g/mol. The number of carbonyl (C=O) groups is 1. The second-order valence-corrected chi connectivity index (χ2v) is 9.57. The number of anilines is 1. The van der Waals surface area contributed by atoms with Crippen LogP contribution in [0.4, 0.5) is 5.69 Å². The summed E-state index contributed by atoms with van der Waals surface area (Å²) in [5, 5.41) is 8.27. The summed E-state index contributed by atoms with van der Waals surface area (Å²) < 4.78 is 3.27. The van der Waals surface area contributed by atoms with Crippen molar-refractivity contribution in [2.75, 3.05) is 5.32 Å². The van der Waals surface area contributed by atoms with Gasteiger partial charge in [0.15, 0.2) is 5.16 Å². The van der Waals surface area contributed by atoms with E-state index in [1.165, 1.54) is 11.8 Å². The number of carbonyl (C=O) groups excluding carboxylic acids is 1. The van der Waals surface area contributed by atoms with Gasteiger partial charge in [0.25, 0.3) is 5.56 Å². The minimum Gasteiger partial charge on any atom is -0.322 e. The van der Waals surface area contributed by atoms with Crippen LogP contribution >= 0.6 is 23.4 Å². The number of para-hydroxylation sites is 1. The lowest BCUT2D eigenvalue weighted by atomic mass is 10.2. The van der Waals surface area contributed by atoms with Crippen molar-refractivity contribution >= 4 is 45.9 Å². The smallest absolute Gasteiger partial charge is 0.266 e. The Bertz CT molecular complexity index is 1440. The maximum Gasteiger partial charge on any atom is 0.266 e. The van der Waals surface area contributed by atoms with E-state index in [-0.39, 0.29) is 11.5 Å². The molecule has 1 atom stereocenters. The molecule has 4 aromatic rings. The van der Waals surface area contributed by atoms with Gasteiger partial charge in [0.1, 0.15) is 0 Å². The summed E-state index contributed by atoms with van der Waals surface area (Å²) >= 11 is 7.57. The van der Waals surface area contributed by atoms with Crippen LogP contribution in [0, 0.1) is 20.8 Å². The van der Waals surface area contributed by atoms with E-state index in [9.17, 15) is 9.59 Å². The molecule has 1 unspecified atom stereocenters. The average molecular weight is 482 g/mol. The Morgan fingerprint density at radius 1 is 1.12 bits per heavy atom. The zero-order chi connectivity index (χ0) is 23.9. The molecule has 2 aromatic heterocycles. The summed E-state index contributed by atoms with van der Waals surface area (Å²) in [6, 6.07) is 12.6. The number of aromatic nitrogens is 4. The molecule has 0 spiro atoms. The molecule has 0 aliphatic rings. The number of nitrogens with one attached hydrogen (secondary N) is 1. The predicted octanol–water partition coefficient (Wildman–Crippen LogP) is 4.82. The van der Waals surface area contributed by atoms with Crippen molar-refractivity contribution < 1.29 is 4.79 Å². The Hall–Kier alpha value is -3.10. The lowest BCUT2D eigenvalue weighted by Gasteiger charge is -2.18. The Morgan fingerprint density at radius 2 is 1.85 bits per heavy atom. The van der Waals surface area contributed by atoms with Crippen molar-refractivity contribution in [1.82, 2.24) is 19.3 Å². The van der Waals surface area contributed by atoms with Gasteiger partial charge in [-0.05, 0) is 57.5 Å². The third-order valence-corrected chi connectivity index (χ3v) is 7.10. The van der Waals surface area contributed by atoms with Crippen LogP contribution in [-0.4, -0.2) is 30.5 Å². The summed E-state index contributed by atoms with van der Waals surface area (Å²) in [7, 11) is 1.83. The topological polar surface area (TPSA) is 81.8 Å². The number of benzene rings is 2. The first kappa shape index (κ1) is 23.1. The highest BCUT2D eigenvalue weighted by atomic mass is 35.5. The number of rotatable bonds is 5. The van der Waals surface area contributed by atoms with Gasteiger partial charge in [-0.15, -0.1) is 0 Å². The van der Waals surface area contributed by atoms with Crippen LogP contribution in [-0.2, 0) is 11.8 Å². The zero-order valence-electron chi connectivity index (χ0n) is 19.0. The van der Waals surface area contributed by atoms with Crippen molar-refractivity contribution in [3.05, 3.63) is 74.8 Å². The van der Waals surface area contributed by atoms with Crippen LogP contribution in [0.3, 0.4) is 0 Å². The highest BCUT2D eigenvalue weighted by molar-refractivity contribution is 8.00. The third kappa shape index (κ3) is 4.28. The van der Waals surface area contributed by atoms with Gasteiger partial charge in [-0.3, -0.25) is 18.8 Å². The van der Waals surface area contributed by atoms with Crippen LogP contribution in [0.1, 0.15) is 23.9 Å². The molecule has 0 saturated carbocycles. The Morgan fingerprint density at radius 3 is 2.55 bits per heavy atom. The van der Waals surface area contributed by atoms with E-state index in [1.807, 2.05) is 46.0 Å².